The van der Waals surface area contributed by atoms with Crippen LogP contribution < -0.4 is 20.3 Å². The number of hydrogen-bond acceptors (Lipinski definition) is 6. The molecule has 37 heavy (non-hydrogen) atoms. The van der Waals surface area contributed by atoms with E-state index in [4.69, 9.17) is 14.7 Å². The van der Waals surface area contributed by atoms with Crippen LogP contribution in [0.4, 0.5) is 11.8 Å². The lowest BCUT2D eigenvalue weighted by Crippen LogP contribution is -2.38. The second-order valence-electron chi connectivity index (χ2n) is 10.1. The van der Waals surface area contributed by atoms with E-state index in [1.54, 1.807) is 0 Å². The summed E-state index contributed by atoms with van der Waals surface area (Å²) >= 11 is 0. The number of nitrogens with one attached hydrogen (secondary N) is 2. The highest BCUT2D eigenvalue weighted by atomic mass is 16.5. The molecule has 1 aromatic heterocycles. The lowest BCUT2D eigenvalue weighted by molar-refractivity contribution is 0.302. The van der Waals surface area contributed by atoms with Crippen molar-refractivity contribution in [3.63, 3.8) is 0 Å². The van der Waals surface area contributed by atoms with Gasteiger partial charge in [-0.3, -0.25) is 0 Å². The zero-order valence-corrected chi connectivity index (χ0v) is 21.9. The van der Waals surface area contributed by atoms with E-state index in [0.29, 0.717) is 18.7 Å². The second-order valence-corrected chi connectivity index (χ2v) is 10.1. The number of ether oxygens (including phenoxy) is 1. The fourth-order valence-corrected chi connectivity index (χ4v) is 5.09. The van der Waals surface area contributed by atoms with E-state index >= 15 is 0 Å². The van der Waals surface area contributed by atoms with E-state index in [0.717, 1.165) is 67.1 Å². The van der Waals surface area contributed by atoms with Crippen molar-refractivity contribution >= 4 is 22.7 Å². The molecule has 0 aliphatic heterocycles. The average molecular weight is 496 g/mol. The SMILES string of the molecule is CN(C)c1nc(N[C@H]2CC[C@@H](NCCc3ccccc3OCc3ccccc3)CC2)nc2ccccc12. The maximum atomic E-state index is 6.14. The number of para-hydroxylation sites is 2. The van der Waals surface area contributed by atoms with Gasteiger partial charge in [-0.25, -0.2) is 4.98 Å². The number of anilines is 2. The lowest BCUT2D eigenvalue weighted by atomic mass is 9.91. The van der Waals surface area contributed by atoms with Crippen molar-refractivity contribution in [2.45, 2.75) is 50.8 Å². The van der Waals surface area contributed by atoms with Crippen molar-refractivity contribution in [1.29, 1.82) is 0 Å². The molecular weight excluding hydrogens is 458 g/mol. The van der Waals surface area contributed by atoms with Crippen LogP contribution in [0.25, 0.3) is 10.9 Å². The summed E-state index contributed by atoms with van der Waals surface area (Å²) in [5, 5.41) is 8.48. The molecule has 5 rings (SSSR count). The smallest absolute Gasteiger partial charge is 0.225 e. The Hall–Kier alpha value is -3.64. The van der Waals surface area contributed by atoms with E-state index in [9.17, 15) is 0 Å². The summed E-state index contributed by atoms with van der Waals surface area (Å²) in [6.45, 7) is 1.55. The van der Waals surface area contributed by atoms with Gasteiger partial charge in [0.1, 0.15) is 18.2 Å². The van der Waals surface area contributed by atoms with Crippen molar-refractivity contribution in [3.8, 4) is 5.75 Å². The quantitative estimate of drug-likeness (QED) is 0.289. The zero-order chi connectivity index (χ0) is 25.5. The number of fused-ring (bicyclic) bond motifs is 1. The number of benzene rings is 3. The fraction of sp³-hybridized carbons (Fsp3) is 0.355. The fourth-order valence-electron chi connectivity index (χ4n) is 5.09. The van der Waals surface area contributed by atoms with Gasteiger partial charge in [-0.05, 0) is 68.0 Å². The molecule has 6 heteroatoms. The van der Waals surface area contributed by atoms with Crippen LogP contribution in [0.3, 0.4) is 0 Å². The molecule has 4 aromatic rings. The molecule has 1 saturated carbocycles. The third-order valence-electron chi connectivity index (χ3n) is 7.10. The van der Waals surface area contributed by atoms with Gasteiger partial charge >= 0.3 is 0 Å². The Morgan fingerprint density at radius 1 is 0.811 bits per heavy atom. The normalized spacial score (nSPS) is 17.5. The highest BCUT2D eigenvalue weighted by Crippen LogP contribution is 2.26. The summed E-state index contributed by atoms with van der Waals surface area (Å²) in [4.78, 5) is 11.7. The first-order chi connectivity index (χ1) is 18.2. The van der Waals surface area contributed by atoms with Gasteiger partial charge in [0.05, 0.1) is 5.52 Å². The van der Waals surface area contributed by atoms with Gasteiger partial charge in [0, 0.05) is 31.6 Å². The van der Waals surface area contributed by atoms with Gasteiger partial charge in [0.15, 0.2) is 0 Å². The Bertz CT molecular complexity index is 1290. The second kappa shape index (κ2) is 12.1. The van der Waals surface area contributed by atoms with Crippen molar-refractivity contribution in [1.82, 2.24) is 15.3 Å². The Balaban J connectivity index is 1.10. The topological polar surface area (TPSA) is 62.3 Å². The molecule has 0 radical (unpaired) electrons. The Labute approximate surface area is 220 Å². The minimum absolute atomic E-state index is 0.404. The molecule has 0 atom stereocenters. The third-order valence-corrected chi connectivity index (χ3v) is 7.10. The van der Waals surface area contributed by atoms with E-state index in [1.165, 1.54) is 11.1 Å². The Morgan fingerprint density at radius 2 is 1.51 bits per heavy atom. The van der Waals surface area contributed by atoms with Crippen molar-refractivity contribution in [2.24, 2.45) is 0 Å². The van der Waals surface area contributed by atoms with Crippen molar-refractivity contribution in [3.05, 3.63) is 90.0 Å². The number of nitrogens with zero attached hydrogens (tertiary/aromatic N) is 3. The highest BCUT2D eigenvalue weighted by molar-refractivity contribution is 5.90. The first-order valence-corrected chi connectivity index (χ1v) is 13.3. The van der Waals surface area contributed by atoms with Crippen molar-refractivity contribution < 1.29 is 4.74 Å². The van der Waals surface area contributed by atoms with Crippen LogP contribution in [0, 0.1) is 0 Å². The van der Waals surface area contributed by atoms with Crippen LogP contribution in [0.2, 0.25) is 0 Å². The number of rotatable bonds is 10. The molecule has 6 nitrogen and oxygen atoms in total. The monoisotopic (exact) mass is 495 g/mol. The van der Waals surface area contributed by atoms with Crippen LogP contribution in [0.1, 0.15) is 36.8 Å². The zero-order valence-electron chi connectivity index (χ0n) is 21.9. The molecule has 0 saturated heterocycles. The summed E-state index contributed by atoms with van der Waals surface area (Å²) in [7, 11) is 4.06. The van der Waals surface area contributed by atoms with Gasteiger partial charge in [-0.15, -0.1) is 0 Å². The Kier molecular flexibility index (Phi) is 8.16. The summed E-state index contributed by atoms with van der Waals surface area (Å²) in [5.74, 6) is 2.66. The molecule has 0 spiro atoms. The Morgan fingerprint density at radius 3 is 2.32 bits per heavy atom. The predicted octanol–water partition coefficient (Wildman–Crippen LogP) is 5.83. The first-order valence-electron chi connectivity index (χ1n) is 13.3. The summed E-state index contributed by atoms with van der Waals surface area (Å²) < 4.78 is 6.14. The first kappa shape index (κ1) is 25.0. The van der Waals surface area contributed by atoms with Gasteiger partial charge in [0.2, 0.25) is 5.95 Å². The molecule has 1 fully saturated rings. The molecular formula is C31H37N5O. The molecule has 0 bridgehead atoms. The van der Waals surface area contributed by atoms with E-state index in [2.05, 4.69) is 70.1 Å². The van der Waals surface area contributed by atoms with Gasteiger partial charge in [0.25, 0.3) is 0 Å². The summed E-state index contributed by atoms with van der Waals surface area (Å²) in [6.07, 6.45) is 5.49. The van der Waals surface area contributed by atoms with Gasteiger partial charge < -0.3 is 20.3 Å². The third kappa shape index (κ3) is 6.57. The van der Waals surface area contributed by atoms with E-state index < -0.39 is 0 Å². The minimum Gasteiger partial charge on any atom is -0.489 e. The van der Waals surface area contributed by atoms with Crippen LogP contribution in [-0.4, -0.2) is 42.7 Å². The maximum Gasteiger partial charge on any atom is 0.225 e. The molecule has 2 N–H and O–H groups in total. The highest BCUT2D eigenvalue weighted by Gasteiger charge is 2.22. The van der Waals surface area contributed by atoms with Gasteiger partial charge in [-0.1, -0.05) is 60.7 Å². The lowest BCUT2D eigenvalue weighted by Gasteiger charge is -2.30. The molecule has 192 valence electrons. The molecule has 3 aromatic carbocycles. The van der Waals surface area contributed by atoms with Crippen molar-refractivity contribution in [2.75, 3.05) is 30.9 Å². The minimum atomic E-state index is 0.404. The standard InChI is InChI=1S/C31H37N5O/c1-36(2)30-27-13-7-8-14-28(27)34-31(35-30)33-26-18-16-25(17-19-26)32-21-20-24-12-6-9-15-29(24)37-22-23-10-4-3-5-11-23/h3-15,25-26,32H,16-22H2,1-2H3,(H,33,34,35)/t25-,26+. The predicted molar refractivity (Wildman–Crippen MR) is 152 cm³/mol. The maximum absolute atomic E-state index is 6.14. The largest absolute Gasteiger partial charge is 0.489 e. The van der Waals surface area contributed by atoms with Crippen LogP contribution in [-0.2, 0) is 13.0 Å². The molecule has 0 amide bonds. The van der Waals surface area contributed by atoms with Crippen LogP contribution >= 0.6 is 0 Å². The van der Waals surface area contributed by atoms with E-state index in [1.807, 2.05) is 38.4 Å². The van der Waals surface area contributed by atoms with Gasteiger partial charge in [-0.2, -0.15) is 4.98 Å². The average Bonchev–Trinajstić information content (AvgIpc) is 2.93. The molecule has 1 heterocycles. The van der Waals surface area contributed by atoms with Crippen LogP contribution in [0.5, 0.6) is 5.75 Å². The summed E-state index contributed by atoms with van der Waals surface area (Å²) in [5.41, 5.74) is 3.42. The molecule has 0 unspecified atom stereocenters. The number of aromatic nitrogens is 2. The molecule has 1 aliphatic carbocycles. The number of hydrogen-bond donors (Lipinski definition) is 2. The molecule has 1 aliphatic rings. The summed E-state index contributed by atoms with van der Waals surface area (Å²) in [6, 6.07) is 27.9. The van der Waals surface area contributed by atoms with E-state index in [-0.39, 0.29) is 0 Å². The van der Waals surface area contributed by atoms with Crippen LogP contribution in [0.15, 0.2) is 78.9 Å².